The third kappa shape index (κ3) is 4.23. The molecule has 1 aliphatic rings. The topological polar surface area (TPSA) is 93.5 Å². The SMILES string of the molecule is CC(OC(=O)Nc1nccn1C#Cc1cc2sc(C3(C(=O)O)CC3)cc2s1)c1ccccc1. The Hall–Kier alpha value is -3.61. The summed E-state index contributed by atoms with van der Waals surface area (Å²) in [6, 6.07) is 16.4. The Bertz CT molecular complexity index is 1370. The third-order valence-corrected chi connectivity index (χ3v) is 7.96. The Morgan fingerprint density at radius 2 is 1.97 bits per heavy atom. The summed E-state index contributed by atoms with van der Waals surface area (Å²) >= 11 is 3.04. The van der Waals surface area contributed by atoms with Crippen LogP contribution in [0.5, 0.6) is 0 Å². The summed E-state index contributed by atoms with van der Waals surface area (Å²) in [5.74, 6) is 2.62. The lowest BCUT2D eigenvalue weighted by molar-refractivity contribution is -0.139. The number of carbonyl (C=O) groups is 2. The predicted octanol–water partition coefficient (Wildman–Crippen LogP) is 5.44. The van der Waals surface area contributed by atoms with Crippen LogP contribution in [-0.4, -0.2) is 26.7 Å². The van der Waals surface area contributed by atoms with Crippen LogP contribution in [-0.2, 0) is 14.9 Å². The minimum atomic E-state index is -0.742. The van der Waals surface area contributed by atoms with Gasteiger partial charge in [-0.05, 0) is 43.4 Å². The summed E-state index contributed by atoms with van der Waals surface area (Å²) in [7, 11) is 0. The number of fused-ring (bicyclic) bond motifs is 1. The number of hydrogen-bond donors (Lipinski definition) is 2. The molecule has 0 radical (unpaired) electrons. The number of nitrogens with one attached hydrogen (secondary N) is 1. The van der Waals surface area contributed by atoms with Crippen LogP contribution in [0.15, 0.2) is 54.9 Å². The van der Waals surface area contributed by atoms with Crippen LogP contribution in [0.3, 0.4) is 0 Å². The highest BCUT2D eigenvalue weighted by atomic mass is 32.1. The third-order valence-electron chi connectivity index (χ3n) is 5.55. The molecule has 1 fully saturated rings. The number of aromatic nitrogens is 2. The molecule has 7 nitrogen and oxygen atoms in total. The van der Waals surface area contributed by atoms with Crippen LogP contribution < -0.4 is 5.32 Å². The van der Waals surface area contributed by atoms with Crippen LogP contribution >= 0.6 is 22.7 Å². The van der Waals surface area contributed by atoms with Crippen LogP contribution in [0.25, 0.3) is 9.40 Å². The summed E-state index contributed by atoms with van der Waals surface area (Å²) in [6.45, 7) is 1.80. The van der Waals surface area contributed by atoms with Crippen molar-refractivity contribution in [2.45, 2.75) is 31.3 Å². The Balaban J connectivity index is 1.27. The first-order valence-electron chi connectivity index (χ1n) is 10.3. The maximum Gasteiger partial charge on any atom is 0.414 e. The molecule has 1 atom stereocenters. The Labute approximate surface area is 197 Å². The number of aliphatic carboxylic acids is 1. The van der Waals surface area contributed by atoms with Gasteiger partial charge in [0.05, 0.1) is 4.88 Å². The van der Waals surface area contributed by atoms with Gasteiger partial charge in [0.2, 0.25) is 5.95 Å². The highest BCUT2D eigenvalue weighted by molar-refractivity contribution is 7.28. The number of carbonyl (C=O) groups excluding carboxylic acids is 1. The molecule has 5 rings (SSSR count). The molecule has 1 unspecified atom stereocenters. The lowest BCUT2D eigenvalue weighted by Crippen LogP contribution is -2.18. The zero-order valence-electron chi connectivity index (χ0n) is 17.6. The average Bonchev–Trinajstić information content (AvgIpc) is 3.12. The molecule has 0 bridgehead atoms. The van der Waals surface area contributed by atoms with Crippen LogP contribution in [0.2, 0.25) is 0 Å². The largest absolute Gasteiger partial charge is 0.481 e. The lowest BCUT2D eigenvalue weighted by Gasteiger charge is -2.13. The number of ether oxygens (including phenoxy) is 1. The number of amides is 1. The van der Waals surface area contributed by atoms with Gasteiger partial charge in [-0.3, -0.25) is 10.1 Å². The molecular weight excluding hydrogens is 458 g/mol. The molecule has 1 saturated carbocycles. The number of thiophene rings is 2. The Morgan fingerprint density at radius 3 is 2.67 bits per heavy atom. The molecule has 2 N–H and O–H groups in total. The summed E-state index contributed by atoms with van der Waals surface area (Å²) in [5, 5.41) is 12.1. The fraction of sp³-hybridized carbons (Fsp3) is 0.208. The van der Waals surface area contributed by atoms with E-state index in [9.17, 15) is 14.7 Å². The van der Waals surface area contributed by atoms with E-state index in [4.69, 9.17) is 4.74 Å². The predicted molar refractivity (Wildman–Crippen MR) is 128 cm³/mol. The van der Waals surface area contributed by atoms with Gasteiger partial charge in [0.15, 0.2) is 0 Å². The summed E-state index contributed by atoms with van der Waals surface area (Å²) < 4.78 is 9.03. The van der Waals surface area contributed by atoms with Crippen molar-refractivity contribution in [2.24, 2.45) is 0 Å². The van der Waals surface area contributed by atoms with Crippen molar-refractivity contribution in [3.8, 4) is 12.0 Å². The van der Waals surface area contributed by atoms with Gasteiger partial charge in [0, 0.05) is 32.7 Å². The van der Waals surface area contributed by atoms with Crippen LogP contribution in [0.1, 0.15) is 41.2 Å². The minimum Gasteiger partial charge on any atom is -0.481 e. The molecular formula is C24H19N3O4S2. The summed E-state index contributed by atoms with van der Waals surface area (Å²) in [4.78, 5) is 29.8. The van der Waals surface area contributed by atoms with E-state index in [-0.39, 0.29) is 5.95 Å². The maximum absolute atomic E-state index is 12.3. The fourth-order valence-corrected chi connectivity index (χ4v) is 5.98. The number of rotatable bonds is 5. The van der Waals surface area contributed by atoms with E-state index in [1.54, 1.807) is 19.3 Å². The van der Waals surface area contributed by atoms with E-state index in [2.05, 4.69) is 22.3 Å². The smallest absolute Gasteiger partial charge is 0.414 e. The first-order chi connectivity index (χ1) is 15.9. The molecule has 33 heavy (non-hydrogen) atoms. The fourth-order valence-electron chi connectivity index (χ4n) is 3.50. The van der Waals surface area contributed by atoms with E-state index in [0.29, 0.717) is 12.8 Å². The number of carboxylic acid groups (broad SMARTS) is 1. The van der Waals surface area contributed by atoms with Crippen LogP contribution in [0.4, 0.5) is 10.7 Å². The maximum atomic E-state index is 12.3. The molecule has 1 amide bonds. The molecule has 4 aromatic rings. The second-order valence-corrected chi connectivity index (χ2v) is 9.95. The van der Waals surface area contributed by atoms with Gasteiger partial charge in [-0.15, -0.1) is 22.7 Å². The van der Waals surface area contributed by atoms with E-state index in [0.717, 1.165) is 24.7 Å². The lowest BCUT2D eigenvalue weighted by atomic mass is 10.1. The van der Waals surface area contributed by atoms with Crippen LogP contribution in [0, 0.1) is 12.0 Å². The van der Waals surface area contributed by atoms with Crippen molar-refractivity contribution in [1.82, 2.24) is 9.55 Å². The van der Waals surface area contributed by atoms with Crippen molar-refractivity contribution in [3.63, 3.8) is 0 Å². The molecule has 1 aromatic carbocycles. The van der Waals surface area contributed by atoms with Gasteiger partial charge in [-0.25, -0.2) is 14.3 Å². The molecule has 166 valence electrons. The summed E-state index contributed by atoms with van der Waals surface area (Å²) in [6.07, 6.45) is 3.58. The quantitative estimate of drug-likeness (QED) is 0.373. The van der Waals surface area contributed by atoms with E-state index in [1.807, 2.05) is 42.5 Å². The standard InChI is InChI=1S/C24H19N3O4S2/c1-15(16-5-3-2-4-6-16)31-23(30)26-22-25-10-12-27(22)11-7-17-13-18-19(32-17)14-20(33-18)24(8-9-24)21(28)29/h2-6,10,12-15H,8-9H2,1H3,(H,28,29)(H,25,26,30). The van der Waals surface area contributed by atoms with E-state index in [1.165, 1.54) is 27.2 Å². The highest BCUT2D eigenvalue weighted by Crippen LogP contribution is 2.52. The van der Waals surface area contributed by atoms with Gasteiger partial charge in [0.1, 0.15) is 11.5 Å². The van der Waals surface area contributed by atoms with E-state index < -0.39 is 23.6 Å². The van der Waals surface area contributed by atoms with Crippen molar-refractivity contribution in [1.29, 1.82) is 0 Å². The number of anilines is 1. The molecule has 0 spiro atoms. The molecule has 0 aliphatic heterocycles. The van der Waals surface area contributed by atoms with Crippen molar-refractivity contribution < 1.29 is 19.4 Å². The second-order valence-electron chi connectivity index (χ2n) is 7.78. The van der Waals surface area contributed by atoms with Gasteiger partial charge in [-0.2, -0.15) is 0 Å². The van der Waals surface area contributed by atoms with Gasteiger partial charge >= 0.3 is 12.1 Å². The first-order valence-corrected chi connectivity index (χ1v) is 11.9. The molecule has 0 saturated heterocycles. The van der Waals surface area contributed by atoms with Crippen molar-refractivity contribution in [3.05, 3.63) is 70.2 Å². The Kier molecular flexibility index (Phi) is 5.40. The molecule has 3 aromatic heterocycles. The summed E-state index contributed by atoms with van der Waals surface area (Å²) in [5.41, 5.74) is 0.215. The Morgan fingerprint density at radius 1 is 1.21 bits per heavy atom. The minimum absolute atomic E-state index is 0.269. The average molecular weight is 478 g/mol. The van der Waals surface area contributed by atoms with E-state index >= 15 is 0 Å². The first kappa shape index (κ1) is 21.2. The van der Waals surface area contributed by atoms with Gasteiger partial charge < -0.3 is 9.84 Å². The van der Waals surface area contributed by atoms with Gasteiger partial charge in [0.25, 0.3) is 0 Å². The van der Waals surface area contributed by atoms with Crippen molar-refractivity contribution in [2.75, 3.05) is 5.32 Å². The second kappa shape index (κ2) is 8.39. The van der Waals surface area contributed by atoms with Gasteiger partial charge in [-0.1, -0.05) is 30.3 Å². The van der Waals surface area contributed by atoms with Crippen molar-refractivity contribution >= 4 is 50.1 Å². The zero-order valence-corrected chi connectivity index (χ0v) is 19.2. The number of nitrogens with zero attached hydrogens (tertiary/aromatic N) is 2. The zero-order chi connectivity index (χ0) is 23.0. The number of hydrogen-bond acceptors (Lipinski definition) is 6. The highest BCUT2D eigenvalue weighted by Gasteiger charge is 2.53. The normalized spacial score (nSPS) is 14.8. The molecule has 3 heterocycles. The monoisotopic (exact) mass is 477 g/mol. The number of carboxylic acids is 1. The molecule has 9 heteroatoms. The number of benzene rings is 1. The number of imidazole rings is 1. The molecule has 1 aliphatic carbocycles.